The highest BCUT2D eigenvalue weighted by molar-refractivity contribution is 6.04. The first-order chi connectivity index (χ1) is 14.0. The molecule has 0 bridgehead atoms. The predicted molar refractivity (Wildman–Crippen MR) is 115 cm³/mol. The maximum atomic E-state index is 11.8. The van der Waals surface area contributed by atoms with Crippen LogP contribution in [0.1, 0.15) is 21.5 Å². The van der Waals surface area contributed by atoms with E-state index in [0.29, 0.717) is 12.2 Å². The van der Waals surface area contributed by atoms with Crippen molar-refractivity contribution in [2.75, 3.05) is 43.4 Å². The minimum absolute atomic E-state index is 0.174. The fourth-order valence-corrected chi connectivity index (χ4v) is 3.78. The lowest BCUT2D eigenvalue weighted by Gasteiger charge is -2.34. The molecule has 2 aromatic heterocycles. The van der Waals surface area contributed by atoms with Gasteiger partial charge in [-0.1, -0.05) is 24.3 Å². The molecule has 3 heterocycles. The number of rotatable bonds is 5. The van der Waals surface area contributed by atoms with Crippen LogP contribution in [0.2, 0.25) is 0 Å². The largest absolute Gasteiger partial charge is 0.478 e. The Morgan fingerprint density at radius 3 is 2.69 bits per heavy atom. The van der Waals surface area contributed by atoms with Crippen molar-refractivity contribution in [1.29, 1.82) is 0 Å². The number of aromatic carboxylic acids is 1. The molecule has 29 heavy (non-hydrogen) atoms. The topological polar surface area (TPSA) is 81.6 Å². The highest BCUT2D eigenvalue weighted by Crippen LogP contribution is 2.29. The van der Waals surface area contributed by atoms with Gasteiger partial charge in [-0.2, -0.15) is 0 Å². The lowest BCUT2D eigenvalue weighted by atomic mass is 10.1. The molecular formula is C22H25N5O2. The number of nitrogens with one attached hydrogen (secondary N) is 1. The van der Waals surface area contributed by atoms with Crippen molar-refractivity contribution in [1.82, 2.24) is 14.9 Å². The van der Waals surface area contributed by atoms with Gasteiger partial charge < -0.3 is 20.2 Å². The summed E-state index contributed by atoms with van der Waals surface area (Å²) < 4.78 is 0. The number of fused-ring (bicyclic) bond motifs is 1. The Balaban J connectivity index is 1.66. The number of carbonyl (C=O) groups is 1. The first kappa shape index (κ1) is 19.1. The minimum Gasteiger partial charge on any atom is -0.478 e. The zero-order valence-corrected chi connectivity index (χ0v) is 16.7. The number of nitrogens with zero attached hydrogens (tertiary/aromatic N) is 4. The van der Waals surface area contributed by atoms with Crippen LogP contribution in [0.5, 0.6) is 0 Å². The monoisotopic (exact) mass is 391 g/mol. The second kappa shape index (κ2) is 8.05. The van der Waals surface area contributed by atoms with Crippen molar-refractivity contribution in [2.24, 2.45) is 0 Å². The molecule has 7 nitrogen and oxygen atoms in total. The Labute approximate surface area is 170 Å². The summed E-state index contributed by atoms with van der Waals surface area (Å²) in [6.45, 7) is 6.33. The summed E-state index contributed by atoms with van der Waals surface area (Å²) in [6.07, 6.45) is 3.25. The van der Waals surface area contributed by atoms with Gasteiger partial charge in [-0.25, -0.2) is 9.78 Å². The number of likely N-dealkylation sites (N-methyl/N-ethyl adjacent to an activating group) is 1. The van der Waals surface area contributed by atoms with E-state index in [1.54, 1.807) is 0 Å². The van der Waals surface area contributed by atoms with E-state index in [0.717, 1.165) is 54.0 Å². The molecule has 0 unspecified atom stereocenters. The van der Waals surface area contributed by atoms with E-state index < -0.39 is 5.97 Å². The van der Waals surface area contributed by atoms with E-state index in [1.165, 1.54) is 6.20 Å². The molecule has 0 aliphatic carbocycles. The van der Waals surface area contributed by atoms with Crippen LogP contribution in [0.15, 0.2) is 42.7 Å². The fraction of sp³-hybridized carbons (Fsp3) is 0.318. The van der Waals surface area contributed by atoms with E-state index >= 15 is 0 Å². The van der Waals surface area contributed by atoms with Crippen LogP contribution in [-0.4, -0.2) is 59.2 Å². The molecule has 0 radical (unpaired) electrons. The van der Waals surface area contributed by atoms with Crippen molar-refractivity contribution in [3.63, 3.8) is 0 Å². The van der Waals surface area contributed by atoms with Gasteiger partial charge in [0.1, 0.15) is 11.4 Å². The van der Waals surface area contributed by atoms with Gasteiger partial charge in [0, 0.05) is 56.1 Å². The van der Waals surface area contributed by atoms with Crippen LogP contribution in [0.3, 0.4) is 0 Å². The van der Waals surface area contributed by atoms with E-state index in [-0.39, 0.29) is 5.56 Å². The first-order valence-corrected chi connectivity index (χ1v) is 9.77. The van der Waals surface area contributed by atoms with Crippen LogP contribution in [0.4, 0.5) is 11.5 Å². The number of hydrogen-bond donors (Lipinski definition) is 2. The molecule has 1 aliphatic heterocycles. The van der Waals surface area contributed by atoms with Crippen molar-refractivity contribution in [3.8, 4) is 0 Å². The van der Waals surface area contributed by atoms with E-state index in [1.807, 2.05) is 43.5 Å². The molecule has 1 saturated heterocycles. The third-order valence-electron chi connectivity index (χ3n) is 5.46. The molecule has 0 atom stereocenters. The lowest BCUT2D eigenvalue weighted by Crippen LogP contribution is -2.45. The summed E-state index contributed by atoms with van der Waals surface area (Å²) in [5, 5.41) is 13.9. The molecule has 1 fully saturated rings. The summed E-state index contributed by atoms with van der Waals surface area (Å²) in [7, 11) is 2.13. The average Bonchev–Trinajstić information content (AvgIpc) is 2.73. The predicted octanol–water partition coefficient (Wildman–Crippen LogP) is 3.00. The van der Waals surface area contributed by atoms with Gasteiger partial charge in [0.05, 0.1) is 11.2 Å². The summed E-state index contributed by atoms with van der Waals surface area (Å²) >= 11 is 0. The van der Waals surface area contributed by atoms with E-state index in [4.69, 9.17) is 0 Å². The number of aromatic nitrogens is 2. The van der Waals surface area contributed by atoms with Crippen LogP contribution in [-0.2, 0) is 6.54 Å². The fourth-order valence-electron chi connectivity index (χ4n) is 3.78. The van der Waals surface area contributed by atoms with Crippen molar-refractivity contribution < 1.29 is 9.90 Å². The third-order valence-corrected chi connectivity index (χ3v) is 5.46. The third kappa shape index (κ3) is 3.86. The molecule has 150 valence electrons. The standard InChI is InChI=1S/C22H25N5O2/c1-15-5-3-7-17-19(15)25-14-18(22(28)29)20(17)24-13-16-6-4-8-23-21(16)27-11-9-26(2)10-12-27/h3-8,14H,9-13H2,1-2H3,(H,24,25)(H,28,29). The Morgan fingerprint density at radius 2 is 1.93 bits per heavy atom. The lowest BCUT2D eigenvalue weighted by molar-refractivity contribution is 0.0697. The number of pyridine rings is 2. The van der Waals surface area contributed by atoms with Gasteiger partial charge in [-0.3, -0.25) is 4.98 Å². The summed E-state index contributed by atoms with van der Waals surface area (Å²) in [4.78, 5) is 25.4. The maximum Gasteiger partial charge on any atom is 0.339 e. The molecule has 0 saturated carbocycles. The zero-order valence-electron chi connectivity index (χ0n) is 16.7. The van der Waals surface area contributed by atoms with Crippen molar-refractivity contribution >= 4 is 28.4 Å². The van der Waals surface area contributed by atoms with Crippen molar-refractivity contribution in [2.45, 2.75) is 13.5 Å². The molecule has 4 rings (SSSR count). The van der Waals surface area contributed by atoms with E-state index in [2.05, 4.69) is 32.1 Å². The number of piperazine rings is 1. The molecule has 2 N–H and O–H groups in total. The molecule has 0 spiro atoms. The van der Waals surface area contributed by atoms with E-state index in [9.17, 15) is 9.90 Å². The SMILES string of the molecule is Cc1cccc2c(NCc3cccnc3N3CCN(C)CC3)c(C(=O)O)cnc12. The van der Waals surface area contributed by atoms with Crippen LogP contribution in [0, 0.1) is 6.92 Å². The number of aryl methyl sites for hydroxylation is 1. The quantitative estimate of drug-likeness (QED) is 0.692. The van der Waals surface area contributed by atoms with Gasteiger partial charge in [-0.05, 0) is 25.6 Å². The summed E-state index contributed by atoms with van der Waals surface area (Å²) in [6, 6.07) is 9.78. The number of carboxylic acids is 1. The Kier molecular flexibility index (Phi) is 5.31. The highest BCUT2D eigenvalue weighted by atomic mass is 16.4. The van der Waals surface area contributed by atoms with Gasteiger partial charge in [-0.15, -0.1) is 0 Å². The summed E-state index contributed by atoms with van der Waals surface area (Å²) in [5.41, 5.74) is 3.64. The smallest absolute Gasteiger partial charge is 0.339 e. The normalized spacial score (nSPS) is 14.9. The Bertz CT molecular complexity index is 1040. The zero-order chi connectivity index (χ0) is 20.4. The molecule has 0 amide bonds. The average molecular weight is 391 g/mol. The van der Waals surface area contributed by atoms with Crippen molar-refractivity contribution in [3.05, 3.63) is 59.4 Å². The molecule has 1 aliphatic rings. The highest BCUT2D eigenvalue weighted by Gasteiger charge is 2.19. The van der Waals surface area contributed by atoms with Gasteiger partial charge in [0.15, 0.2) is 0 Å². The van der Waals surface area contributed by atoms with Crippen LogP contribution >= 0.6 is 0 Å². The first-order valence-electron chi connectivity index (χ1n) is 9.77. The van der Waals surface area contributed by atoms with Crippen LogP contribution in [0.25, 0.3) is 10.9 Å². The molecule has 7 heteroatoms. The second-order valence-electron chi connectivity index (χ2n) is 7.45. The molecule has 1 aromatic carbocycles. The number of benzene rings is 1. The number of anilines is 2. The molecule has 3 aromatic rings. The van der Waals surface area contributed by atoms with Gasteiger partial charge in [0.2, 0.25) is 0 Å². The number of carboxylic acid groups (broad SMARTS) is 1. The van der Waals surface area contributed by atoms with Crippen LogP contribution < -0.4 is 10.2 Å². The Morgan fingerprint density at radius 1 is 1.14 bits per heavy atom. The minimum atomic E-state index is -0.992. The van der Waals surface area contributed by atoms with Gasteiger partial charge in [0.25, 0.3) is 0 Å². The number of para-hydroxylation sites is 1. The maximum absolute atomic E-state index is 11.8. The Hall–Kier alpha value is -3.19. The second-order valence-corrected chi connectivity index (χ2v) is 7.45. The van der Waals surface area contributed by atoms with Gasteiger partial charge >= 0.3 is 5.97 Å². The molecular weight excluding hydrogens is 366 g/mol. The summed E-state index contributed by atoms with van der Waals surface area (Å²) in [5.74, 6) is -0.0339. The number of hydrogen-bond acceptors (Lipinski definition) is 6.